The first-order chi connectivity index (χ1) is 13.8. The molecule has 2 aliphatic heterocycles. The number of carbonyl (C=O) groups excluding carboxylic acids is 1. The highest BCUT2D eigenvalue weighted by molar-refractivity contribution is 7.89. The number of hydrogen-bond acceptors (Lipinski definition) is 5. The van der Waals surface area contributed by atoms with Gasteiger partial charge in [0.1, 0.15) is 5.58 Å². The molecule has 0 spiro atoms. The summed E-state index contributed by atoms with van der Waals surface area (Å²) < 4.78 is 26.7. The van der Waals surface area contributed by atoms with Crippen LogP contribution >= 0.6 is 0 Å². The first kappa shape index (κ1) is 20.7. The molecule has 2 saturated heterocycles. The van der Waals surface area contributed by atoms with E-state index >= 15 is 0 Å². The molecule has 3 unspecified atom stereocenters. The van der Waals surface area contributed by atoms with E-state index < -0.39 is 11.4 Å². The molecule has 2 aliphatic rings. The summed E-state index contributed by atoms with van der Waals surface area (Å²) in [7, 11) is 0. The number of amides is 1. The zero-order valence-electron chi connectivity index (χ0n) is 17.6. The molecule has 0 saturated carbocycles. The largest absolute Gasteiger partial charge is 0.593 e. The number of morpholine rings is 1. The average molecular weight is 419 g/mol. The van der Waals surface area contributed by atoms with E-state index in [1.165, 1.54) is 0 Å². The molecule has 158 valence electrons. The second kappa shape index (κ2) is 8.30. The molecule has 0 aliphatic carbocycles. The van der Waals surface area contributed by atoms with Gasteiger partial charge in [0.2, 0.25) is 0 Å². The third-order valence-electron chi connectivity index (χ3n) is 5.99. The number of piperidine rings is 1. The normalized spacial score (nSPS) is 25.5. The Bertz CT molecular complexity index is 880. The van der Waals surface area contributed by atoms with E-state index in [0.29, 0.717) is 30.4 Å². The van der Waals surface area contributed by atoms with Crippen LogP contribution in [0.1, 0.15) is 49.7 Å². The number of furan rings is 1. The summed E-state index contributed by atoms with van der Waals surface area (Å²) in [5, 5.41) is 0.860. The maximum atomic E-state index is 13.1. The van der Waals surface area contributed by atoms with E-state index in [4.69, 9.17) is 9.15 Å². The molecular weight excluding hydrogens is 388 g/mol. The van der Waals surface area contributed by atoms with E-state index in [2.05, 4.69) is 6.92 Å². The van der Waals surface area contributed by atoms with E-state index in [1.54, 1.807) is 4.90 Å². The number of fused-ring (bicyclic) bond motifs is 1. The number of ether oxygens (including phenoxy) is 1. The molecule has 7 heteroatoms. The fourth-order valence-corrected chi connectivity index (χ4v) is 5.54. The van der Waals surface area contributed by atoms with Crippen molar-refractivity contribution in [1.82, 2.24) is 9.21 Å². The molecular formula is C22H30N2O4S. The first-order valence-corrected chi connectivity index (χ1v) is 11.6. The Kier molecular flexibility index (Phi) is 5.93. The molecule has 2 fully saturated rings. The molecule has 4 rings (SSSR count). The van der Waals surface area contributed by atoms with E-state index in [-0.39, 0.29) is 18.1 Å². The number of benzene rings is 1. The Morgan fingerprint density at radius 1 is 1.14 bits per heavy atom. The standard InChI is InChI=1S/C22H30N2O4S/c1-14-7-9-24(10-8-14)29(26)18-5-6-20-19(11-18)17(4)21(28-20)22(25)23-12-15(2)27-16(3)13-23/h5-6,11,14-16H,7-10,12-13H2,1-4H3. The smallest absolute Gasteiger partial charge is 0.290 e. The molecule has 3 atom stereocenters. The lowest BCUT2D eigenvalue weighted by molar-refractivity contribution is -0.0592. The third-order valence-corrected chi connectivity index (χ3v) is 7.48. The Morgan fingerprint density at radius 2 is 1.79 bits per heavy atom. The molecule has 6 nitrogen and oxygen atoms in total. The van der Waals surface area contributed by atoms with Gasteiger partial charge in [0.05, 0.1) is 23.6 Å². The zero-order valence-corrected chi connectivity index (χ0v) is 18.5. The van der Waals surface area contributed by atoms with Crippen LogP contribution in [0, 0.1) is 12.8 Å². The van der Waals surface area contributed by atoms with E-state index in [9.17, 15) is 9.35 Å². The van der Waals surface area contributed by atoms with Crippen LogP contribution in [0.15, 0.2) is 27.5 Å². The minimum atomic E-state index is -1.18. The highest BCUT2D eigenvalue weighted by Gasteiger charge is 2.31. The molecule has 1 aromatic heterocycles. The summed E-state index contributed by atoms with van der Waals surface area (Å²) in [6.07, 6.45) is 2.17. The summed E-state index contributed by atoms with van der Waals surface area (Å²) in [6, 6.07) is 5.61. The van der Waals surface area contributed by atoms with Crippen molar-refractivity contribution in [2.75, 3.05) is 26.2 Å². The quantitative estimate of drug-likeness (QED) is 0.710. The lowest BCUT2D eigenvalue weighted by Gasteiger charge is -2.34. The summed E-state index contributed by atoms with van der Waals surface area (Å²) in [5.41, 5.74) is 1.47. The number of carbonyl (C=O) groups is 1. The van der Waals surface area contributed by atoms with Crippen LogP contribution in [0.3, 0.4) is 0 Å². The fraction of sp³-hybridized carbons (Fsp3) is 0.591. The maximum absolute atomic E-state index is 13.1. The number of rotatable bonds is 3. The molecule has 2 aromatic rings. The second-order valence-corrected chi connectivity index (χ2v) is 10.0. The minimum absolute atomic E-state index is 0.00803. The lowest BCUT2D eigenvalue weighted by atomic mass is 10.0. The van der Waals surface area contributed by atoms with Gasteiger partial charge in [-0.3, -0.25) is 4.79 Å². The molecule has 1 aromatic carbocycles. The van der Waals surface area contributed by atoms with Crippen LogP contribution in [0.25, 0.3) is 11.0 Å². The summed E-state index contributed by atoms with van der Waals surface area (Å²) in [5.74, 6) is 0.963. The number of hydrogen-bond donors (Lipinski definition) is 0. The van der Waals surface area contributed by atoms with Crippen LogP contribution in [0.2, 0.25) is 0 Å². The van der Waals surface area contributed by atoms with Crippen molar-refractivity contribution < 1.29 is 18.5 Å². The zero-order chi connectivity index (χ0) is 20.7. The van der Waals surface area contributed by atoms with Crippen LogP contribution in [-0.4, -0.2) is 58.1 Å². The first-order valence-electron chi connectivity index (χ1n) is 10.5. The van der Waals surface area contributed by atoms with E-state index in [1.807, 2.05) is 43.3 Å². The molecule has 3 heterocycles. The van der Waals surface area contributed by atoms with Gasteiger partial charge >= 0.3 is 0 Å². The van der Waals surface area contributed by atoms with Crippen LogP contribution < -0.4 is 0 Å². The van der Waals surface area contributed by atoms with Crippen molar-refractivity contribution in [1.29, 1.82) is 0 Å². The third kappa shape index (κ3) is 4.19. The molecule has 0 radical (unpaired) electrons. The van der Waals surface area contributed by atoms with E-state index in [0.717, 1.165) is 41.8 Å². The van der Waals surface area contributed by atoms with Gasteiger partial charge in [0.25, 0.3) is 5.91 Å². The lowest BCUT2D eigenvalue weighted by Crippen LogP contribution is -2.48. The predicted octanol–water partition coefficient (Wildman–Crippen LogP) is 3.75. The van der Waals surface area contributed by atoms with Gasteiger partial charge in [0.15, 0.2) is 10.7 Å². The van der Waals surface area contributed by atoms with Gasteiger partial charge in [-0.1, -0.05) is 6.92 Å². The van der Waals surface area contributed by atoms with Gasteiger partial charge in [-0.25, -0.2) is 0 Å². The number of nitrogens with zero attached hydrogens (tertiary/aromatic N) is 2. The molecule has 29 heavy (non-hydrogen) atoms. The van der Waals surface area contributed by atoms with Crippen molar-refractivity contribution in [3.63, 3.8) is 0 Å². The van der Waals surface area contributed by atoms with Crippen molar-refractivity contribution in [3.8, 4) is 0 Å². The summed E-state index contributed by atoms with van der Waals surface area (Å²) in [4.78, 5) is 15.7. The van der Waals surface area contributed by atoms with Crippen molar-refractivity contribution in [2.45, 2.75) is 57.6 Å². The Labute approximate surface area is 175 Å². The monoisotopic (exact) mass is 418 g/mol. The Morgan fingerprint density at radius 3 is 2.45 bits per heavy atom. The van der Waals surface area contributed by atoms with Crippen molar-refractivity contribution >= 4 is 28.2 Å². The second-order valence-electron chi connectivity index (χ2n) is 8.54. The van der Waals surface area contributed by atoms with Crippen molar-refractivity contribution in [2.24, 2.45) is 5.92 Å². The highest BCUT2D eigenvalue weighted by atomic mass is 32.2. The summed E-state index contributed by atoms with van der Waals surface area (Å²) >= 11 is -1.18. The Balaban J connectivity index is 1.58. The predicted molar refractivity (Wildman–Crippen MR) is 113 cm³/mol. The minimum Gasteiger partial charge on any atom is -0.593 e. The molecule has 0 bridgehead atoms. The summed E-state index contributed by atoms with van der Waals surface area (Å²) in [6.45, 7) is 10.9. The van der Waals surface area contributed by atoms with Gasteiger partial charge in [-0.2, -0.15) is 0 Å². The average Bonchev–Trinajstić information content (AvgIpc) is 3.03. The molecule has 0 N–H and O–H groups in total. The Hall–Kier alpha value is -1.54. The maximum Gasteiger partial charge on any atom is 0.290 e. The topological polar surface area (TPSA) is 69.0 Å². The highest BCUT2D eigenvalue weighted by Crippen LogP contribution is 2.31. The van der Waals surface area contributed by atoms with Crippen LogP contribution in [-0.2, 0) is 16.1 Å². The van der Waals surface area contributed by atoms with Gasteiger partial charge in [-0.05, 0) is 51.7 Å². The van der Waals surface area contributed by atoms with Gasteiger partial charge in [0, 0.05) is 43.2 Å². The number of aryl methyl sites for hydroxylation is 1. The SMILES string of the molecule is Cc1c(C(=O)N2CC(C)OC(C)C2)oc2ccc([S+]([O-])N3CCC(C)CC3)cc12. The van der Waals surface area contributed by atoms with Crippen LogP contribution in [0.5, 0.6) is 0 Å². The van der Waals surface area contributed by atoms with Crippen LogP contribution in [0.4, 0.5) is 0 Å². The van der Waals surface area contributed by atoms with Gasteiger partial charge < -0.3 is 18.6 Å². The molecule has 1 amide bonds. The van der Waals surface area contributed by atoms with Crippen molar-refractivity contribution in [3.05, 3.63) is 29.5 Å². The van der Waals surface area contributed by atoms with Gasteiger partial charge in [-0.15, -0.1) is 4.31 Å². The fourth-order valence-electron chi connectivity index (χ4n) is 4.30.